The van der Waals surface area contributed by atoms with Gasteiger partial charge in [0.15, 0.2) is 5.69 Å². The highest BCUT2D eigenvalue weighted by molar-refractivity contribution is 9.10. The van der Waals surface area contributed by atoms with Crippen LogP contribution in [-0.2, 0) is 0 Å². The predicted molar refractivity (Wildman–Crippen MR) is 62.8 cm³/mol. The van der Waals surface area contributed by atoms with Crippen molar-refractivity contribution in [2.45, 2.75) is 0 Å². The number of aromatic nitrogens is 2. The summed E-state index contributed by atoms with van der Waals surface area (Å²) in [6.07, 6.45) is 0. The summed E-state index contributed by atoms with van der Waals surface area (Å²) in [5.74, 6) is -1.22. The molecule has 0 fully saturated rings. The highest BCUT2D eigenvalue weighted by Crippen LogP contribution is 2.27. The molecule has 0 aliphatic rings. The summed E-state index contributed by atoms with van der Waals surface area (Å²) in [5.41, 5.74) is -0.476. The minimum atomic E-state index is -1.22. The molecule has 2 aromatic heterocycles. The number of rotatable bonds is 2. The monoisotopic (exact) mass is 300 g/mol. The summed E-state index contributed by atoms with van der Waals surface area (Å²) in [6.45, 7) is 0. The maximum absolute atomic E-state index is 11.2. The first-order valence-electron chi connectivity index (χ1n) is 4.15. The number of H-pyrrole nitrogens is 1. The van der Waals surface area contributed by atoms with Gasteiger partial charge in [0.05, 0.1) is 10.6 Å². The zero-order chi connectivity index (χ0) is 11.7. The van der Waals surface area contributed by atoms with Gasteiger partial charge in [-0.3, -0.25) is 0 Å². The molecule has 7 heteroatoms. The number of hydrogen-bond acceptors (Lipinski definition) is 4. The van der Waals surface area contributed by atoms with Gasteiger partial charge in [-0.2, -0.15) is 4.98 Å². The molecule has 16 heavy (non-hydrogen) atoms. The second-order valence-corrected chi connectivity index (χ2v) is 4.75. The topological polar surface area (TPSA) is 83.0 Å². The molecule has 0 bridgehead atoms. The lowest BCUT2D eigenvalue weighted by atomic mass is 10.3. The van der Waals surface area contributed by atoms with Crippen molar-refractivity contribution in [1.82, 2.24) is 9.97 Å². The fourth-order valence-corrected chi connectivity index (χ4v) is 2.55. The average Bonchev–Trinajstić information content (AvgIpc) is 2.64. The second kappa shape index (κ2) is 4.18. The van der Waals surface area contributed by atoms with Gasteiger partial charge in [0.25, 0.3) is 0 Å². The molecule has 5 nitrogen and oxygen atoms in total. The molecule has 0 atom stereocenters. The Morgan fingerprint density at radius 2 is 2.25 bits per heavy atom. The predicted octanol–water partition coefficient (Wildman–Crippen LogP) is 1.96. The Balaban J connectivity index is 2.57. The molecular weight excluding hydrogens is 296 g/mol. The van der Waals surface area contributed by atoms with Crippen molar-refractivity contribution in [2.24, 2.45) is 0 Å². The van der Waals surface area contributed by atoms with E-state index >= 15 is 0 Å². The summed E-state index contributed by atoms with van der Waals surface area (Å²) in [4.78, 5) is 28.5. The summed E-state index contributed by atoms with van der Waals surface area (Å²) in [6, 6.07) is 3.13. The lowest BCUT2D eigenvalue weighted by molar-refractivity contribution is 0.0690. The van der Waals surface area contributed by atoms with Crippen molar-refractivity contribution in [3.8, 4) is 10.6 Å². The molecule has 0 aliphatic heterocycles. The number of nitrogens with zero attached hydrogens (tertiary/aromatic N) is 1. The van der Waals surface area contributed by atoms with E-state index in [9.17, 15) is 9.59 Å². The second-order valence-electron chi connectivity index (χ2n) is 2.92. The number of nitrogens with one attached hydrogen (secondary N) is 1. The average molecular weight is 301 g/mol. The third kappa shape index (κ3) is 2.20. The molecule has 2 heterocycles. The third-order valence-corrected chi connectivity index (χ3v) is 3.52. The van der Waals surface area contributed by atoms with E-state index in [4.69, 9.17) is 5.11 Å². The molecule has 0 aromatic carbocycles. The van der Waals surface area contributed by atoms with Crippen LogP contribution in [0.1, 0.15) is 10.5 Å². The number of hydrogen-bond donors (Lipinski definition) is 2. The van der Waals surface area contributed by atoms with Crippen LogP contribution in [0, 0.1) is 0 Å². The number of aromatic carboxylic acids is 1. The SMILES string of the molecule is O=C(O)c1cc(-c2cc(Br)cs2)[nH]c(=O)n1. The minimum absolute atomic E-state index is 0.261. The van der Waals surface area contributed by atoms with E-state index in [1.807, 2.05) is 5.38 Å². The zero-order valence-electron chi connectivity index (χ0n) is 7.73. The van der Waals surface area contributed by atoms with Crippen LogP contribution in [-0.4, -0.2) is 21.0 Å². The first kappa shape index (κ1) is 11.0. The van der Waals surface area contributed by atoms with E-state index in [-0.39, 0.29) is 5.69 Å². The zero-order valence-corrected chi connectivity index (χ0v) is 10.1. The Labute approximate surface area is 102 Å². The van der Waals surface area contributed by atoms with Crippen molar-refractivity contribution in [1.29, 1.82) is 0 Å². The summed E-state index contributed by atoms with van der Waals surface area (Å²) in [5, 5.41) is 10.6. The van der Waals surface area contributed by atoms with Crippen LogP contribution in [0.5, 0.6) is 0 Å². The van der Waals surface area contributed by atoms with Gasteiger partial charge in [-0.25, -0.2) is 9.59 Å². The van der Waals surface area contributed by atoms with Gasteiger partial charge in [-0.15, -0.1) is 11.3 Å². The van der Waals surface area contributed by atoms with Crippen molar-refractivity contribution in [2.75, 3.05) is 0 Å². The van der Waals surface area contributed by atoms with E-state index in [1.165, 1.54) is 17.4 Å². The van der Waals surface area contributed by atoms with Crippen LogP contribution in [0.25, 0.3) is 10.6 Å². The molecule has 0 unspecified atom stereocenters. The van der Waals surface area contributed by atoms with Gasteiger partial charge in [0.2, 0.25) is 0 Å². The maximum Gasteiger partial charge on any atom is 0.354 e. The quantitative estimate of drug-likeness (QED) is 0.888. The molecule has 0 saturated heterocycles. The standard InChI is InChI=1S/C9H5BrN2O3S/c10-4-1-7(16-3-4)5-2-6(8(13)14)12-9(15)11-5/h1-3H,(H,13,14)(H,11,12,15). The molecule has 0 spiro atoms. The van der Waals surface area contributed by atoms with E-state index in [1.54, 1.807) is 6.07 Å². The lowest BCUT2D eigenvalue weighted by Gasteiger charge is -1.98. The summed E-state index contributed by atoms with van der Waals surface area (Å²) >= 11 is 4.68. The van der Waals surface area contributed by atoms with E-state index in [0.717, 1.165) is 9.35 Å². The van der Waals surface area contributed by atoms with Gasteiger partial charge in [0.1, 0.15) is 0 Å². The molecule has 0 aliphatic carbocycles. The normalized spacial score (nSPS) is 10.3. The molecular formula is C9H5BrN2O3S. The Hall–Kier alpha value is -1.47. The van der Waals surface area contributed by atoms with Crippen LogP contribution in [0.3, 0.4) is 0 Å². The van der Waals surface area contributed by atoms with E-state index in [0.29, 0.717) is 5.69 Å². The molecule has 2 N–H and O–H groups in total. The smallest absolute Gasteiger partial charge is 0.354 e. The van der Waals surface area contributed by atoms with Gasteiger partial charge in [-0.05, 0) is 28.1 Å². The Kier molecular flexibility index (Phi) is 2.88. The number of halogens is 1. The summed E-state index contributed by atoms with van der Waals surface area (Å²) < 4.78 is 0.877. The van der Waals surface area contributed by atoms with Gasteiger partial charge in [-0.1, -0.05) is 0 Å². The van der Waals surface area contributed by atoms with Crippen LogP contribution in [0.2, 0.25) is 0 Å². The Morgan fingerprint density at radius 1 is 1.50 bits per heavy atom. The van der Waals surface area contributed by atoms with Crippen molar-refractivity contribution in [3.63, 3.8) is 0 Å². The van der Waals surface area contributed by atoms with E-state index < -0.39 is 11.7 Å². The van der Waals surface area contributed by atoms with Gasteiger partial charge >= 0.3 is 11.7 Å². The lowest BCUT2D eigenvalue weighted by Crippen LogP contribution is -2.16. The molecule has 0 radical (unpaired) electrons. The highest BCUT2D eigenvalue weighted by atomic mass is 79.9. The van der Waals surface area contributed by atoms with Crippen molar-refractivity contribution in [3.05, 3.63) is 38.2 Å². The first-order valence-corrected chi connectivity index (χ1v) is 5.82. The van der Waals surface area contributed by atoms with E-state index in [2.05, 4.69) is 25.9 Å². The number of carboxylic acid groups (broad SMARTS) is 1. The molecule has 82 valence electrons. The number of thiophene rings is 1. The number of aromatic amines is 1. The number of carboxylic acids is 1. The van der Waals surface area contributed by atoms with Gasteiger partial charge < -0.3 is 10.1 Å². The Bertz CT molecular complexity index is 605. The molecule has 2 rings (SSSR count). The fraction of sp³-hybridized carbons (Fsp3) is 0. The molecule has 2 aromatic rings. The highest BCUT2D eigenvalue weighted by Gasteiger charge is 2.10. The van der Waals surface area contributed by atoms with Crippen LogP contribution in [0.15, 0.2) is 26.8 Å². The number of carbonyl (C=O) groups is 1. The Morgan fingerprint density at radius 3 is 2.81 bits per heavy atom. The summed E-state index contributed by atoms with van der Waals surface area (Å²) in [7, 11) is 0. The van der Waals surface area contributed by atoms with Gasteiger partial charge in [0, 0.05) is 9.85 Å². The van der Waals surface area contributed by atoms with Crippen LogP contribution >= 0.6 is 27.3 Å². The third-order valence-electron chi connectivity index (χ3n) is 1.80. The molecule has 0 saturated carbocycles. The first-order chi connectivity index (χ1) is 7.56. The van der Waals surface area contributed by atoms with Crippen molar-refractivity contribution < 1.29 is 9.90 Å². The molecule has 0 amide bonds. The minimum Gasteiger partial charge on any atom is -0.477 e. The maximum atomic E-state index is 11.2. The largest absolute Gasteiger partial charge is 0.477 e. The van der Waals surface area contributed by atoms with Crippen molar-refractivity contribution >= 4 is 33.2 Å². The van der Waals surface area contributed by atoms with Crippen LogP contribution in [0.4, 0.5) is 0 Å². The fourth-order valence-electron chi connectivity index (χ4n) is 1.15. The van der Waals surface area contributed by atoms with Crippen LogP contribution < -0.4 is 5.69 Å².